The van der Waals surface area contributed by atoms with Gasteiger partial charge in [0.05, 0.1) is 23.0 Å². The van der Waals surface area contributed by atoms with Crippen LogP contribution in [0.4, 0.5) is 0 Å². The lowest BCUT2D eigenvalue weighted by Crippen LogP contribution is -2.23. The third kappa shape index (κ3) is 8.19. The van der Waals surface area contributed by atoms with Gasteiger partial charge in [0, 0.05) is 0 Å². The van der Waals surface area contributed by atoms with Crippen molar-refractivity contribution in [3.05, 3.63) is 58.7 Å². The monoisotopic (exact) mass is 614 g/mol. The molecule has 0 aromatic heterocycles. The molecule has 0 aliphatic carbocycles. The summed E-state index contributed by atoms with van der Waals surface area (Å²) in [4.78, 5) is 47.6. The molecular weight excluding hydrogens is 584 g/mol. The largest absolute Gasteiger partial charge is 0.481 e. The van der Waals surface area contributed by atoms with Crippen molar-refractivity contribution in [1.82, 2.24) is 0 Å². The number of hydrogen-bond acceptors (Lipinski definition) is 9. The van der Waals surface area contributed by atoms with Gasteiger partial charge in [-0.15, -0.1) is 0 Å². The van der Waals surface area contributed by atoms with Gasteiger partial charge in [0.2, 0.25) is 0 Å². The number of carboxylic acid groups (broad SMARTS) is 2. The van der Waals surface area contributed by atoms with Crippen molar-refractivity contribution in [3.8, 4) is 0 Å². The van der Waals surface area contributed by atoms with Crippen LogP contribution in [0.15, 0.2) is 46.2 Å². The van der Waals surface area contributed by atoms with Gasteiger partial charge in [-0.3, -0.25) is 18.7 Å². The van der Waals surface area contributed by atoms with Gasteiger partial charge in [0.1, 0.15) is 9.79 Å². The van der Waals surface area contributed by atoms with Gasteiger partial charge in [0.25, 0.3) is 20.2 Å². The number of carboxylic acids is 2. The maximum atomic E-state index is 13.0. The Morgan fingerprint density at radius 2 is 1.02 bits per heavy atom. The Hall–Kier alpha value is -3.66. The lowest BCUT2D eigenvalue weighted by molar-refractivity contribution is -0.140. The van der Waals surface area contributed by atoms with Crippen LogP contribution < -0.4 is 0 Å². The second-order valence-electron chi connectivity index (χ2n) is 9.14. The normalized spacial score (nSPS) is 13.3. The third-order valence-electron chi connectivity index (χ3n) is 6.27. The van der Waals surface area contributed by atoms with Gasteiger partial charge in [0.15, 0.2) is 0 Å². The molecular formula is C26H30O13S2. The van der Waals surface area contributed by atoms with Crippen LogP contribution in [0.3, 0.4) is 0 Å². The maximum Gasteiger partial charge on any atom is 0.347 e. The Kier molecular flexibility index (Phi) is 11.3. The molecule has 15 heteroatoms. The molecule has 0 aliphatic heterocycles. The molecule has 2 aromatic rings. The molecule has 0 amide bonds. The lowest BCUT2D eigenvalue weighted by Gasteiger charge is -2.18. The van der Waals surface area contributed by atoms with Crippen molar-refractivity contribution in [3.63, 3.8) is 0 Å². The highest BCUT2D eigenvalue weighted by Gasteiger charge is 2.35. The van der Waals surface area contributed by atoms with Gasteiger partial charge in [-0.05, 0) is 36.1 Å². The maximum absolute atomic E-state index is 13.0. The quantitative estimate of drug-likeness (QED) is 0.135. The Morgan fingerprint density at radius 3 is 1.29 bits per heavy atom. The van der Waals surface area contributed by atoms with Crippen molar-refractivity contribution in [2.24, 2.45) is 0 Å². The number of esters is 2. The van der Waals surface area contributed by atoms with Crippen LogP contribution in [0, 0.1) is 0 Å². The number of rotatable bonds is 14. The Balaban J connectivity index is 2.66. The summed E-state index contributed by atoms with van der Waals surface area (Å²) in [6.07, 6.45) is 1.74. The molecule has 2 rings (SSSR count). The summed E-state index contributed by atoms with van der Waals surface area (Å²) in [5.74, 6) is -9.14. The van der Waals surface area contributed by atoms with Crippen LogP contribution in [-0.2, 0) is 34.6 Å². The first-order valence-electron chi connectivity index (χ1n) is 12.5. The zero-order valence-electron chi connectivity index (χ0n) is 22.1. The number of aliphatic carboxylic acids is 2. The van der Waals surface area contributed by atoms with Gasteiger partial charge in [-0.25, -0.2) is 9.59 Å². The van der Waals surface area contributed by atoms with Crippen molar-refractivity contribution in [1.29, 1.82) is 0 Å². The fourth-order valence-corrected chi connectivity index (χ4v) is 6.27. The van der Waals surface area contributed by atoms with Crippen LogP contribution >= 0.6 is 0 Å². The van der Waals surface area contributed by atoms with E-state index >= 15 is 0 Å². The predicted molar refractivity (Wildman–Crippen MR) is 142 cm³/mol. The zero-order chi connectivity index (χ0) is 31.1. The van der Waals surface area contributed by atoms with E-state index in [1.165, 1.54) is 0 Å². The Bertz CT molecular complexity index is 1430. The highest BCUT2D eigenvalue weighted by molar-refractivity contribution is 7.86. The summed E-state index contributed by atoms with van der Waals surface area (Å²) in [5, 5.41) is 19.3. The molecule has 0 spiro atoms. The summed E-state index contributed by atoms with van der Waals surface area (Å²) in [7, 11) is -10.5. The fraction of sp³-hybridized carbons (Fsp3) is 0.385. The third-order valence-corrected chi connectivity index (χ3v) is 8.21. The first-order chi connectivity index (χ1) is 19.1. The summed E-state index contributed by atoms with van der Waals surface area (Å²) in [5.41, 5.74) is -2.68. The number of unbranched alkanes of at least 4 members (excludes halogenated alkanes) is 2. The molecule has 0 fully saturated rings. The van der Waals surface area contributed by atoms with Gasteiger partial charge in [-0.2, -0.15) is 16.8 Å². The van der Waals surface area contributed by atoms with E-state index in [9.17, 15) is 55.3 Å². The van der Waals surface area contributed by atoms with Crippen LogP contribution in [0.5, 0.6) is 0 Å². The number of ether oxygens (including phenoxy) is 1. The van der Waals surface area contributed by atoms with Crippen LogP contribution in [0.2, 0.25) is 0 Å². The lowest BCUT2D eigenvalue weighted by atomic mass is 9.92. The molecule has 0 bridgehead atoms. The molecule has 0 aliphatic rings. The second-order valence-corrected chi connectivity index (χ2v) is 11.9. The van der Waals surface area contributed by atoms with Crippen LogP contribution in [-0.4, -0.2) is 60.0 Å². The minimum atomic E-state index is -5.26. The highest BCUT2D eigenvalue weighted by atomic mass is 32.2. The Morgan fingerprint density at radius 1 is 0.683 bits per heavy atom. The zero-order valence-corrected chi connectivity index (χ0v) is 23.8. The van der Waals surface area contributed by atoms with Crippen molar-refractivity contribution >= 4 is 44.1 Å². The highest BCUT2D eigenvalue weighted by Crippen LogP contribution is 2.34. The van der Waals surface area contributed by atoms with Gasteiger partial charge < -0.3 is 14.9 Å². The molecule has 41 heavy (non-hydrogen) atoms. The van der Waals surface area contributed by atoms with Crippen molar-refractivity contribution in [2.75, 3.05) is 0 Å². The number of hydrogen-bond donors (Lipinski definition) is 4. The molecule has 2 unspecified atom stereocenters. The van der Waals surface area contributed by atoms with E-state index in [0.29, 0.717) is 25.7 Å². The van der Waals surface area contributed by atoms with E-state index in [1.54, 1.807) is 13.8 Å². The molecule has 4 N–H and O–H groups in total. The van der Waals surface area contributed by atoms with E-state index in [1.807, 2.05) is 0 Å². The Labute approximate surface area is 236 Å². The molecule has 0 saturated carbocycles. The molecule has 2 atom stereocenters. The van der Waals surface area contributed by atoms with Crippen LogP contribution in [0.1, 0.15) is 96.1 Å². The average molecular weight is 615 g/mol. The topological polar surface area (TPSA) is 227 Å². The fourth-order valence-electron chi connectivity index (χ4n) is 4.39. The number of benzene rings is 2. The predicted octanol–water partition coefficient (Wildman–Crippen LogP) is 3.89. The average Bonchev–Trinajstić information content (AvgIpc) is 2.87. The summed E-state index contributed by atoms with van der Waals surface area (Å²) < 4.78 is 73.7. The van der Waals surface area contributed by atoms with E-state index in [-0.39, 0.29) is 12.8 Å². The van der Waals surface area contributed by atoms with Crippen molar-refractivity contribution in [2.45, 2.75) is 74.0 Å². The smallest absolute Gasteiger partial charge is 0.347 e. The molecule has 224 valence electrons. The number of carbonyl (C=O) groups is 4. The SMILES string of the molecule is CCCCC(C(=O)O)c1cccc(C(=O)OC(=O)c2cccc(C(CCCC)C(=O)O)c2S(=O)(=O)O)c1S(=O)(=O)O. The molecule has 0 radical (unpaired) electrons. The molecule has 2 aromatic carbocycles. The summed E-state index contributed by atoms with van der Waals surface area (Å²) >= 11 is 0. The first-order valence-corrected chi connectivity index (χ1v) is 15.4. The standard InChI is InChI=1S/C26H30O13S2/c1-3-5-9-17(23(27)28)15-11-7-13-19(21(15)40(33,34)35)25(31)39-26(32)20-14-8-12-16(22(20)41(36,37)38)18(24(29)30)10-6-4-2/h7-8,11-14,17-18H,3-6,9-10H2,1-2H3,(H,27,28)(H,29,30)(H,33,34,35)(H,36,37,38). The van der Waals surface area contributed by atoms with Crippen LogP contribution in [0.25, 0.3) is 0 Å². The van der Waals surface area contributed by atoms with Gasteiger partial charge in [-0.1, -0.05) is 63.8 Å². The summed E-state index contributed by atoms with van der Waals surface area (Å²) in [6.45, 7) is 3.53. The summed E-state index contributed by atoms with van der Waals surface area (Å²) in [6, 6.07) is 6.10. The van der Waals surface area contributed by atoms with Crippen molar-refractivity contribution < 1.29 is 60.1 Å². The molecule has 0 heterocycles. The van der Waals surface area contributed by atoms with E-state index in [0.717, 1.165) is 36.4 Å². The molecule has 13 nitrogen and oxygen atoms in total. The minimum absolute atomic E-state index is 0.0426. The van der Waals surface area contributed by atoms with E-state index in [2.05, 4.69) is 0 Å². The first kappa shape index (κ1) is 33.5. The van der Waals surface area contributed by atoms with E-state index < -0.39 is 88.0 Å². The minimum Gasteiger partial charge on any atom is -0.481 e. The van der Waals surface area contributed by atoms with Gasteiger partial charge >= 0.3 is 23.9 Å². The molecule has 0 saturated heterocycles. The second kappa shape index (κ2) is 13.8. The van der Waals surface area contributed by atoms with E-state index in [4.69, 9.17) is 4.74 Å². The number of carbonyl (C=O) groups excluding carboxylic acids is 2.